The van der Waals surface area contributed by atoms with Crippen molar-refractivity contribution in [3.05, 3.63) is 60.5 Å². The summed E-state index contributed by atoms with van der Waals surface area (Å²) >= 11 is 0. The molecule has 0 atom stereocenters. The number of nitrogens with one attached hydrogen (secondary N) is 2. The molecule has 1 aliphatic rings. The van der Waals surface area contributed by atoms with Gasteiger partial charge >= 0.3 is 0 Å². The van der Waals surface area contributed by atoms with Gasteiger partial charge < -0.3 is 20.4 Å². The van der Waals surface area contributed by atoms with Gasteiger partial charge in [0.15, 0.2) is 5.82 Å². The van der Waals surface area contributed by atoms with Crippen LogP contribution in [0.25, 0.3) is 0 Å². The zero-order chi connectivity index (χ0) is 19.3. The second-order valence-electron chi connectivity index (χ2n) is 6.76. The molecular weight excluding hydrogens is 357 g/mol. The number of aromatic nitrogens is 3. The minimum Gasteiger partial charge on any atom is -0.369 e. The maximum Gasteiger partial charge on any atom is 0.249 e. The van der Waals surface area contributed by atoms with E-state index in [4.69, 9.17) is 0 Å². The van der Waals surface area contributed by atoms with Gasteiger partial charge in [-0.3, -0.25) is 0 Å². The number of nitrogens with zero attached hydrogens (tertiary/aromatic N) is 5. The number of likely N-dealkylation sites (N-methyl/N-ethyl adjacent to an activating group) is 1. The SMILES string of the molecule is CN1CCN(c2ccc(Nc3nncc(Nc4ccc(F)cc4)n3)cc2)CC1. The standard InChI is InChI=1S/C20H22FN7/c1-27-10-12-28(13-11-27)18-8-6-17(7-9-18)24-20-25-19(14-22-26-20)23-16-4-2-15(21)3-5-16/h2-9,14H,10-13H2,1H3,(H2,23,24,25,26). The van der Waals surface area contributed by atoms with E-state index in [0.29, 0.717) is 11.8 Å². The number of hydrogen-bond donors (Lipinski definition) is 2. The molecule has 4 rings (SSSR count). The first-order valence-corrected chi connectivity index (χ1v) is 9.19. The largest absolute Gasteiger partial charge is 0.369 e. The van der Waals surface area contributed by atoms with E-state index in [2.05, 4.69) is 54.8 Å². The first kappa shape index (κ1) is 18.1. The summed E-state index contributed by atoms with van der Waals surface area (Å²) < 4.78 is 13.0. The molecule has 2 N–H and O–H groups in total. The number of anilines is 5. The van der Waals surface area contributed by atoms with Gasteiger partial charge in [-0.25, -0.2) is 4.39 Å². The van der Waals surface area contributed by atoms with Crippen LogP contribution in [-0.4, -0.2) is 53.3 Å². The van der Waals surface area contributed by atoms with Gasteiger partial charge in [-0.05, 0) is 55.6 Å². The normalized spacial score (nSPS) is 14.7. The van der Waals surface area contributed by atoms with E-state index in [-0.39, 0.29) is 5.82 Å². The lowest BCUT2D eigenvalue weighted by Crippen LogP contribution is -2.44. The Labute approximate surface area is 163 Å². The summed E-state index contributed by atoms with van der Waals surface area (Å²) in [5.41, 5.74) is 2.83. The molecule has 0 bridgehead atoms. The van der Waals surface area contributed by atoms with Crippen molar-refractivity contribution in [1.82, 2.24) is 20.1 Å². The fraction of sp³-hybridized carbons (Fsp3) is 0.250. The van der Waals surface area contributed by atoms with Crippen LogP contribution in [0.4, 0.5) is 33.2 Å². The fourth-order valence-electron chi connectivity index (χ4n) is 3.05. The summed E-state index contributed by atoms with van der Waals surface area (Å²) in [6.07, 6.45) is 1.52. The predicted octanol–water partition coefficient (Wildman–Crippen LogP) is 3.25. The molecule has 0 radical (unpaired) electrons. The van der Waals surface area contributed by atoms with Crippen molar-refractivity contribution in [3.63, 3.8) is 0 Å². The summed E-state index contributed by atoms with van der Waals surface area (Å²) in [4.78, 5) is 9.12. The lowest BCUT2D eigenvalue weighted by molar-refractivity contribution is 0.313. The second-order valence-corrected chi connectivity index (χ2v) is 6.76. The fourth-order valence-corrected chi connectivity index (χ4v) is 3.05. The number of benzene rings is 2. The van der Waals surface area contributed by atoms with Crippen LogP contribution in [0, 0.1) is 5.82 Å². The summed E-state index contributed by atoms with van der Waals surface area (Å²) in [6.45, 7) is 4.22. The molecule has 0 aliphatic carbocycles. The number of piperazine rings is 1. The number of hydrogen-bond acceptors (Lipinski definition) is 7. The zero-order valence-corrected chi connectivity index (χ0v) is 15.6. The van der Waals surface area contributed by atoms with Crippen molar-refractivity contribution in [1.29, 1.82) is 0 Å². The van der Waals surface area contributed by atoms with Gasteiger partial charge in [0.1, 0.15) is 5.82 Å². The van der Waals surface area contributed by atoms with Gasteiger partial charge in [-0.15, -0.1) is 5.10 Å². The molecule has 7 nitrogen and oxygen atoms in total. The molecule has 8 heteroatoms. The topological polar surface area (TPSA) is 69.2 Å². The zero-order valence-electron chi connectivity index (χ0n) is 15.6. The molecule has 1 aromatic heterocycles. The molecule has 2 heterocycles. The Morgan fingerprint density at radius 3 is 2.21 bits per heavy atom. The van der Waals surface area contributed by atoms with Crippen LogP contribution in [-0.2, 0) is 0 Å². The molecular formula is C20H22FN7. The van der Waals surface area contributed by atoms with E-state index >= 15 is 0 Å². The average Bonchev–Trinajstić information content (AvgIpc) is 2.71. The van der Waals surface area contributed by atoms with E-state index in [1.54, 1.807) is 12.1 Å². The van der Waals surface area contributed by atoms with Crippen LogP contribution in [0.5, 0.6) is 0 Å². The Kier molecular flexibility index (Phi) is 5.29. The molecule has 0 spiro atoms. The van der Waals surface area contributed by atoms with Crippen LogP contribution in [0.2, 0.25) is 0 Å². The highest BCUT2D eigenvalue weighted by molar-refractivity contribution is 5.61. The Morgan fingerprint density at radius 2 is 1.50 bits per heavy atom. The summed E-state index contributed by atoms with van der Waals surface area (Å²) in [7, 11) is 2.15. The maximum atomic E-state index is 13.0. The first-order valence-electron chi connectivity index (χ1n) is 9.19. The highest BCUT2D eigenvalue weighted by atomic mass is 19.1. The average molecular weight is 379 g/mol. The molecule has 1 fully saturated rings. The molecule has 0 saturated carbocycles. The monoisotopic (exact) mass is 379 g/mol. The highest BCUT2D eigenvalue weighted by Crippen LogP contribution is 2.21. The van der Waals surface area contributed by atoms with E-state index in [0.717, 1.165) is 37.6 Å². The van der Waals surface area contributed by atoms with Crippen molar-refractivity contribution in [2.45, 2.75) is 0 Å². The molecule has 1 aliphatic heterocycles. The van der Waals surface area contributed by atoms with E-state index < -0.39 is 0 Å². The van der Waals surface area contributed by atoms with E-state index in [9.17, 15) is 4.39 Å². The molecule has 1 saturated heterocycles. The summed E-state index contributed by atoms with van der Waals surface area (Å²) in [6, 6.07) is 14.3. The molecule has 2 aromatic carbocycles. The Balaban J connectivity index is 1.40. The van der Waals surface area contributed by atoms with Gasteiger partial charge in [0.2, 0.25) is 5.95 Å². The van der Waals surface area contributed by atoms with Gasteiger partial charge in [0, 0.05) is 43.2 Å². The molecule has 144 valence electrons. The predicted molar refractivity (Wildman–Crippen MR) is 109 cm³/mol. The van der Waals surface area contributed by atoms with Crippen molar-refractivity contribution < 1.29 is 4.39 Å². The molecule has 3 aromatic rings. The Bertz CT molecular complexity index is 907. The van der Waals surface area contributed by atoms with Crippen LogP contribution >= 0.6 is 0 Å². The number of halogens is 1. The quantitative estimate of drug-likeness (QED) is 0.705. The third-order valence-electron chi connectivity index (χ3n) is 4.67. The third kappa shape index (κ3) is 4.52. The maximum absolute atomic E-state index is 13.0. The highest BCUT2D eigenvalue weighted by Gasteiger charge is 2.14. The van der Waals surface area contributed by atoms with E-state index in [1.165, 1.54) is 24.0 Å². The van der Waals surface area contributed by atoms with Gasteiger partial charge in [0.05, 0.1) is 6.20 Å². The Morgan fingerprint density at radius 1 is 0.857 bits per heavy atom. The lowest BCUT2D eigenvalue weighted by Gasteiger charge is -2.34. The van der Waals surface area contributed by atoms with Crippen LogP contribution in [0.1, 0.15) is 0 Å². The van der Waals surface area contributed by atoms with Gasteiger partial charge in [-0.2, -0.15) is 10.1 Å². The van der Waals surface area contributed by atoms with Gasteiger partial charge in [-0.1, -0.05) is 0 Å². The van der Waals surface area contributed by atoms with Crippen molar-refractivity contribution in [2.24, 2.45) is 0 Å². The molecule has 0 unspecified atom stereocenters. The first-order chi connectivity index (χ1) is 13.7. The number of rotatable bonds is 5. The smallest absolute Gasteiger partial charge is 0.249 e. The van der Waals surface area contributed by atoms with Crippen molar-refractivity contribution in [2.75, 3.05) is 48.8 Å². The third-order valence-corrected chi connectivity index (χ3v) is 4.67. The van der Waals surface area contributed by atoms with E-state index in [1.807, 2.05) is 12.1 Å². The lowest BCUT2D eigenvalue weighted by atomic mass is 10.2. The van der Waals surface area contributed by atoms with Crippen molar-refractivity contribution >= 4 is 28.8 Å². The van der Waals surface area contributed by atoms with Crippen LogP contribution in [0.15, 0.2) is 54.7 Å². The molecule has 0 amide bonds. The second kappa shape index (κ2) is 8.18. The van der Waals surface area contributed by atoms with Crippen LogP contribution < -0.4 is 15.5 Å². The van der Waals surface area contributed by atoms with Crippen LogP contribution in [0.3, 0.4) is 0 Å². The Hall–Kier alpha value is -3.26. The summed E-state index contributed by atoms with van der Waals surface area (Å²) in [5.74, 6) is 0.631. The minimum absolute atomic E-state index is 0.284. The van der Waals surface area contributed by atoms with Gasteiger partial charge in [0.25, 0.3) is 0 Å². The minimum atomic E-state index is -0.284. The molecule has 28 heavy (non-hydrogen) atoms. The summed E-state index contributed by atoms with van der Waals surface area (Å²) in [5, 5.41) is 14.2. The van der Waals surface area contributed by atoms with Crippen molar-refractivity contribution in [3.8, 4) is 0 Å².